The zero-order chi connectivity index (χ0) is 18.1. The molecule has 5 nitrogen and oxygen atoms in total. The summed E-state index contributed by atoms with van der Waals surface area (Å²) < 4.78 is 5.51. The SMILES string of the molecule is CN(c1ccc2c(c1)CCC[C@H]2CNC(=O)O)c1ccc2ccoc2c1. The van der Waals surface area contributed by atoms with E-state index in [-0.39, 0.29) is 5.92 Å². The quantitative estimate of drug-likeness (QED) is 0.703. The second kappa shape index (κ2) is 6.75. The van der Waals surface area contributed by atoms with Gasteiger partial charge >= 0.3 is 6.09 Å². The zero-order valence-corrected chi connectivity index (χ0v) is 14.7. The van der Waals surface area contributed by atoms with Crippen LogP contribution in [-0.2, 0) is 6.42 Å². The van der Waals surface area contributed by atoms with Crippen LogP contribution in [0.15, 0.2) is 53.1 Å². The van der Waals surface area contributed by atoms with Gasteiger partial charge in [-0.25, -0.2) is 4.79 Å². The van der Waals surface area contributed by atoms with Crippen molar-refractivity contribution in [3.8, 4) is 0 Å². The third kappa shape index (κ3) is 3.12. The standard InChI is InChI=1S/C21H22N2O3/c1-23(18-6-5-14-9-10-26-20(14)12-18)17-7-8-19-15(11-17)3-2-4-16(19)13-22-21(24)25/h5-12,16,22H,2-4,13H2,1H3,(H,24,25)/t16-/m0/s1. The number of rotatable bonds is 4. The Labute approximate surface area is 152 Å². The van der Waals surface area contributed by atoms with Crippen LogP contribution < -0.4 is 10.2 Å². The van der Waals surface area contributed by atoms with Crippen molar-refractivity contribution in [1.29, 1.82) is 0 Å². The Morgan fingerprint density at radius 2 is 2.04 bits per heavy atom. The molecule has 0 spiro atoms. The van der Waals surface area contributed by atoms with Crippen LogP contribution in [-0.4, -0.2) is 24.8 Å². The minimum Gasteiger partial charge on any atom is -0.465 e. The molecule has 134 valence electrons. The van der Waals surface area contributed by atoms with Crippen molar-refractivity contribution in [2.24, 2.45) is 0 Å². The number of benzene rings is 2. The predicted molar refractivity (Wildman–Crippen MR) is 102 cm³/mol. The summed E-state index contributed by atoms with van der Waals surface area (Å²) in [5.41, 5.74) is 5.67. The van der Waals surface area contributed by atoms with Crippen LogP contribution in [0.4, 0.5) is 16.2 Å². The number of anilines is 2. The van der Waals surface area contributed by atoms with Gasteiger partial charge in [0.1, 0.15) is 5.58 Å². The number of carbonyl (C=O) groups is 1. The maximum Gasteiger partial charge on any atom is 0.404 e. The summed E-state index contributed by atoms with van der Waals surface area (Å²) in [6.45, 7) is 0.479. The van der Waals surface area contributed by atoms with E-state index in [1.54, 1.807) is 6.26 Å². The van der Waals surface area contributed by atoms with Crippen molar-refractivity contribution < 1.29 is 14.3 Å². The van der Waals surface area contributed by atoms with Gasteiger partial charge in [-0.15, -0.1) is 0 Å². The van der Waals surface area contributed by atoms with Gasteiger partial charge in [0, 0.05) is 42.3 Å². The summed E-state index contributed by atoms with van der Waals surface area (Å²) in [4.78, 5) is 13.0. The van der Waals surface area contributed by atoms with E-state index < -0.39 is 6.09 Å². The highest BCUT2D eigenvalue weighted by Gasteiger charge is 2.21. The van der Waals surface area contributed by atoms with Gasteiger partial charge in [-0.05, 0) is 60.7 Å². The van der Waals surface area contributed by atoms with Gasteiger partial charge in [0.05, 0.1) is 6.26 Å². The first kappa shape index (κ1) is 16.5. The second-order valence-electron chi connectivity index (χ2n) is 6.86. The predicted octanol–water partition coefficient (Wildman–Crippen LogP) is 4.89. The molecule has 1 aliphatic carbocycles. The van der Waals surface area contributed by atoms with Crippen molar-refractivity contribution in [1.82, 2.24) is 5.32 Å². The molecule has 1 aromatic heterocycles. The number of aryl methyl sites for hydroxylation is 1. The molecule has 1 aliphatic rings. The Bertz CT molecular complexity index is 947. The number of hydrogen-bond acceptors (Lipinski definition) is 3. The number of nitrogens with one attached hydrogen (secondary N) is 1. The Kier molecular flexibility index (Phi) is 4.29. The van der Waals surface area contributed by atoms with E-state index in [2.05, 4.69) is 47.6 Å². The summed E-state index contributed by atoms with van der Waals surface area (Å²) in [5.74, 6) is 0.258. The Hall–Kier alpha value is -2.95. The van der Waals surface area contributed by atoms with Crippen molar-refractivity contribution in [2.45, 2.75) is 25.2 Å². The van der Waals surface area contributed by atoms with E-state index in [4.69, 9.17) is 9.52 Å². The molecule has 1 atom stereocenters. The highest BCUT2D eigenvalue weighted by atomic mass is 16.4. The number of fused-ring (bicyclic) bond motifs is 2. The monoisotopic (exact) mass is 350 g/mol. The normalized spacial score (nSPS) is 16.3. The Balaban J connectivity index is 1.60. The molecule has 0 radical (unpaired) electrons. The van der Waals surface area contributed by atoms with E-state index in [0.29, 0.717) is 6.54 Å². The molecular formula is C21H22N2O3. The van der Waals surface area contributed by atoms with E-state index in [1.807, 2.05) is 12.1 Å². The molecule has 26 heavy (non-hydrogen) atoms. The van der Waals surface area contributed by atoms with E-state index in [1.165, 1.54) is 11.1 Å². The second-order valence-corrected chi connectivity index (χ2v) is 6.86. The summed E-state index contributed by atoms with van der Waals surface area (Å²) in [6.07, 6.45) is 3.90. The molecule has 0 unspecified atom stereocenters. The minimum absolute atomic E-state index is 0.258. The van der Waals surface area contributed by atoms with Crippen molar-refractivity contribution in [3.63, 3.8) is 0 Å². The maximum absolute atomic E-state index is 10.8. The molecule has 0 fully saturated rings. The van der Waals surface area contributed by atoms with E-state index in [9.17, 15) is 4.79 Å². The molecule has 4 rings (SSSR count). The molecule has 3 aromatic rings. The Morgan fingerprint density at radius 3 is 2.88 bits per heavy atom. The number of carboxylic acid groups (broad SMARTS) is 1. The van der Waals surface area contributed by atoms with Gasteiger partial charge in [-0.1, -0.05) is 6.07 Å². The third-order valence-corrected chi connectivity index (χ3v) is 5.28. The summed E-state index contributed by atoms with van der Waals surface area (Å²) in [6, 6.07) is 14.7. The first-order chi connectivity index (χ1) is 12.6. The van der Waals surface area contributed by atoms with Crippen LogP contribution in [0, 0.1) is 0 Å². The van der Waals surface area contributed by atoms with Crippen LogP contribution in [0.2, 0.25) is 0 Å². The zero-order valence-electron chi connectivity index (χ0n) is 14.7. The van der Waals surface area contributed by atoms with Crippen molar-refractivity contribution >= 4 is 28.4 Å². The number of nitrogens with zero attached hydrogens (tertiary/aromatic N) is 1. The van der Waals surface area contributed by atoms with Crippen molar-refractivity contribution in [3.05, 3.63) is 59.9 Å². The van der Waals surface area contributed by atoms with Gasteiger partial charge in [0.15, 0.2) is 0 Å². The number of amides is 1. The van der Waals surface area contributed by atoms with Gasteiger partial charge in [0.25, 0.3) is 0 Å². The topological polar surface area (TPSA) is 65.7 Å². The highest BCUT2D eigenvalue weighted by Crippen LogP contribution is 2.35. The lowest BCUT2D eigenvalue weighted by atomic mass is 9.82. The molecule has 1 heterocycles. The first-order valence-corrected chi connectivity index (χ1v) is 8.92. The molecule has 0 saturated heterocycles. The van der Waals surface area contributed by atoms with E-state index in [0.717, 1.165) is 41.6 Å². The lowest BCUT2D eigenvalue weighted by Crippen LogP contribution is -2.28. The summed E-state index contributed by atoms with van der Waals surface area (Å²) in [7, 11) is 2.05. The fraction of sp³-hybridized carbons (Fsp3) is 0.286. The maximum atomic E-state index is 10.8. The molecular weight excluding hydrogens is 328 g/mol. The van der Waals surface area contributed by atoms with Crippen LogP contribution in [0.1, 0.15) is 29.9 Å². The minimum atomic E-state index is -0.957. The van der Waals surface area contributed by atoms with Gasteiger partial charge in [-0.2, -0.15) is 0 Å². The molecule has 0 aliphatic heterocycles. The molecule has 0 saturated carbocycles. The van der Waals surface area contributed by atoms with Gasteiger partial charge in [0.2, 0.25) is 0 Å². The van der Waals surface area contributed by atoms with Gasteiger partial charge < -0.3 is 19.7 Å². The molecule has 2 N–H and O–H groups in total. The highest BCUT2D eigenvalue weighted by molar-refractivity contribution is 5.82. The molecule has 0 bridgehead atoms. The molecule has 5 heteroatoms. The molecule has 2 aromatic carbocycles. The average Bonchev–Trinajstić information content (AvgIpc) is 3.13. The smallest absolute Gasteiger partial charge is 0.404 e. The fourth-order valence-electron chi connectivity index (χ4n) is 3.83. The van der Waals surface area contributed by atoms with Crippen molar-refractivity contribution in [2.75, 3.05) is 18.5 Å². The van der Waals surface area contributed by atoms with Crippen LogP contribution in [0.3, 0.4) is 0 Å². The largest absolute Gasteiger partial charge is 0.465 e. The first-order valence-electron chi connectivity index (χ1n) is 8.92. The van der Waals surface area contributed by atoms with Gasteiger partial charge in [-0.3, -0.25) is 0 Å². The average molecular weight is 350 g/mol. The summed E-state index contributed by atoms with van der Waals surface area (Å²) >= 11 is 0. The van der Waals surface area contributed by atoms with Crippen LogP contribution in [0.25, 0.3) is 11.0 Å². The molecule has 1 amide bonds. The third-order valence-electron chi connectivity index (χ3n) is 5.28. The van der Waals surface area contributed by atoms with Crippen LogP contribution >= 0.6 is 0 Å². The number of furan rings is 1. The fourth-order valence-corrected chi connectivity index (χ4v) is 3.83. The van der Waals surface area contributed by atoms with E-state index >= 15 is 0 Å². The lowest BCUT2D eigenvalue weighted by Gasteiger charge is -2.28. The lowest BCUT2D eigenvalue weighted by molar-refractivity contribution is 0.193. The summed E-state index contributed by atoms with van der Waals surface area (Å²) in [5, 5.41) is 12.5. The van der Waals surface area contributed by atoms with Crippen LogP contribution in [0.5, 0.6) is 0 Å². The number of hydrogen-bond donors (Lipinski definition) is 2. The Morgan fingerprint density at radius 1 is 1.23 bits per heavy atom.